The van der Waals surface area contributed by atoms with E-state index in [0.29, 0.717) is 5.82 Å². The maximum Gasteiger partial charge on any atom is 0.352 e. The molecule has 6 nitrogen and oxygen atoms in total. The van der Waals surface area contributed by atoms with Gasteiger partial charge in [0.25, 0.3) is 0 Å². The van der Waals surface area contributed by atoms with Crippen molar-refractivity contribution >= 4 is 28.3 Å². The van der Waals surface area contributed by atoms with E-state index < -0.39 is 5.97 Å². The zero-order valence-corrected chi connectivity index (χ0v) is 12.2. The fraction of sp³-hybridized carbons (Fsp3) is 0.0588. The Morgan fingerprint density at radius 2 is 1.83 bits per heavy atom. The predicted octanol–water partition coefficient (Wildman–Crippen LogP) is 2.73. The number of hydrazone groups is 1. The summed E-state index contributed by atoms with van der Waals surface area (Å²) < 4.78 is 0. The van der Waals surface area contributed by atoms with Crippen molar-refractivity contribution in [2.45, 2.75) is 6.42 Å². The highest BCUT2D eigenvalue weighted by Gasteiger charge is 2.11. The van der Waals surface area contributed by atoms with E-state index in [2.05, 4.69) is 20.7 Å². The van der Waals surface area contributed by atoms with Crippen LogP contribution in [0, 0.1) is 0 Å². The molecule has 23 heavy (non-hydrogen) atoms. The standard InChI is InChI=1S/C17H14N4O2/c22-17(23)15(10-12-6-2-1-3-7-12)19-21-16-14-9-5-4-8-13(14)11-18-20-16/h1-9,11H,10H2,(H,20,21)(H,22,23)/b19-15+. The van der Waals surface area contributed by atoms with E-state index >= 15 is 0 Å². The molecule has 0 radical (unpaired) electrons. The van der Waals surface area contributed by atoms with Crippen molar-refractivity contribution in [3.8, 4) is 0 Å². The molecule has 0 fully saturated rings. The van der Waals surface area contributed by atoms with Crippen LogP contribution >= 0.6 is 0 Å². The Hall–Kier alpha value is -3.28. The van der Waals surface area contributed by atoms with Gasteiger partial charge in [-0.25, -0.2) is 4.79 Å². The summed E-state index contributed by atoms with van der Waals surface area (Å²) in [6, 6.07) is 16.9. The van der Waals surface area contributed by atoms with Crippen LogP contribution in [0.4, 0.5) is 5.82 Å². The van der Waals surface area contributed by atoms with E-state index in [4.69, 9.17) is 0 Å². The van der Waals surface area contributed by atoms with E-state index in [1.807, 2.05) is 54.6 Å². The first-order valence-electron chi connectivity index (χ1n) is 7.04. The monoisotopic (exact) mass is 306 g/mol. The zero-order valence-electron chi connectivity index (χ0n) is 12.2. The van der Waals surface area contributed by atoms with Gasteiger partial charge >= 0.3 is 5.97 Å². The van der Waals surface area contributed by atoms with Crippen LogP contribution in [-0.4, -0.2) is 27.0 Å². The molecule has 0 atom stereocenters. The van der Waals surface area contributed by atoms with E-state index in [-0.39, 0.29) is 12.1 Å². The molecule has 0 aliphatic carbocycles. The molecule has 2 N–H and O–H groups in total. The highest BCUT2D eigenvalue weighted by molar-refractivity contribution is 6.36. The fourth-order valence-electron chi connectivity index (χ4n) is 2.18. The van der Waals surface area contributed by atoms with Gasteiger partial charge in [0.1, 0.15) is 5.71 Å². The third-order valence-electron chi connectivity index (χ3n) is 3.33. The second kappa shape index (κ2) is 6.65. The van der Waals surface area contributed by atoms with Gasteiger partial charge in [-0.3, -0.25) is 5.43 Å². The molecule has 0 saturated heterocycles. The minimum Gasteiger partial charge on any atom is -0.477 e. The van der Waals surface area contributed by atoms with Crippen molar-refractivity contribution in [3.63, 3.8) is 0 Å². The number of nitrogens with one attached hydrogen (secondary N) is 1. The largest absolute Gasteiger partial charge is 0.477 e. The minimum atomic E-state index is -1.07. The number of anilines is 1. The van der Waals surface area contributed by atoms with Crippen molar-refractivity contribution in [1.29, 1.82) is 0 Å². The fourth-order valence-corrected chi connectivity index (χ4v) is 2.18. The van der Waals surface area contributed by atoms with Gasteiger partial charge in [0.15, 0.2) is 5.82 Å². The minimum absolute atomic E-state index is 0.00549. The van der Waals surface area contributed by atoms with Crippen molar-refractivity contribution < 1.29 is 9.90 Å². The Bertz CT molecular complexity index is 857. The molecule has 0 spiro atoms. The SMILES string of the molecule is O=C(O)/C(Cc1ccccc1)=N/Nc1nncc2ccccc12. The second-order valence-corrected chi connectivity index (χ2v) is 4.92. The third kappa shape index (κ3) is 3.49. The van der Waals surface area contributed by atoms with Crippen LogP contribution in [-0.2, 0) is 11.2 Å². The highest BCUT2D eigenvalue weighted by Crippen LogP contribution is 2.19. The van der Waals surface area contributed by atoms with Gasteiger partial charge in [-0.2, -0.15) is 10.2 Å². The Morgan fingerprint density at radius 1 is 1.09 bits per heavy atom. The van der Waals surface area contributed by atoms with Crippen LogP contribution in [0.25, 0.3) is 10.8 Å². The molecule has 3 aromatic rings. The lowest BCUT2D eigenvalue weighted by atomic mass is 10.1. The van der Waals surface area contributed by atoms with Crippen LogP contribution in [0.1, 0.15) is 5.56 Å². The summed E-state index contributed by atoms with van der Waals surface area (Å²) in [6.45, 7) is 0. The Kier molecular flexibility index (Phi) is 4.24. The maximum absolute atomic E-state index is 11.4. The summed E-state index contributed by atoms with van der Waals surface area (Å²) in [5.74, 6) is -0.649. The van der Waals surface area contributed by atoms with E-state index in [1.165, 1.54) is 0 Å². The number of carbonyl (C=O) groups is 1. The number of aromatic nitrogens is 2. The van der Waals surface area contributed by atoms with Crippen LogP contribution in [0.3, 0.4) is 0 Å². The normalized spacial score (nSPS) is 11.4. The molecule has 0 saturated carbocycles. The molecule has 1 heterocycles. The average Bonchev–Trinajstić information content (AvgIpc) is 2.59. The first-order chi connectivity index (χ1) is 11.2. The van der Waals surface area contributed by atoms with Crippen LogP contribution in [0.15, 0.2) is 65.9 Å². The van der Waals surface area contributed by atoms with Crippen LogP contribution in [0.5, 0.6) is 0 Å². The number of nitrogens with zero attached hydrogens (tertiary/aromatic N) is 3. The van der Waals surface area contributed by atoms with Gasteiger partial charge in [-0.05, 0) is 5.56 Å². The number of carboxylic acid groups (broad SMARTS) is 1. The topological polar surface area (TPSA) is 87.5 Å². The molecule has 0 aliphatic rings. The highest BCUT2D eigenvalue weighted by atomic mass is 16.4. The zero-order chi connectivity index (χ0) is 16.1. The number of aliphatic carboxylic acids is 1. The summed E-state index contributed by atoms with van der Waals surface area (Å²) in [7, 11) is 0. The third-order valence-corrected chi connectivity index (χ3v) is 3.33. The van der Waals surface area contributed by atoms with Gasteiger partial charge in [0.05, 0.1) is 6.20 Å². The number of hydrogen-bond donors (Lipinski definition) is 2. The number of carboxylic acids is 1. The molecule has 114 valence electrons. The number of fused-ring (bicyclic) bond motifs is 1. The van der Waals surface area contributed by atoms with Gasteiger partial charge in [0, 0.05) is 17.2 Å². The predicted molar refractivity (Wildman–Crippen MR) is 88.4 cm³/mol. The van der Waals surface area contributed by atoms with E-state index in [9.17, 15) is 9.90 Å². The Morgan fingerprint density at radius 3 is 2.61 bits per heavy atom. The van der Waals surface area contributed by atoms with Crippen molar-refractivity contribution in [3.05, 3.63) is 66.4 Å². The number of hydrogen-bond acceptors (Lipinski definition) is 5. The molecule has 1 aromatic heterocycles. The van der Waals surface area contributed by atoms with Crippen LogP contribution in [0.2, 0.25) is 0 Å². The van der Waals surface area contributed by atoms with E-state index in [1.54, 1.807) is 6.20 Å². The Labute approximate surface area is 132 Å². The molecule has 0 amide bonds. The molecular formula is C17H14N4O2. The summed E-state index contributed by atoms with van der Waals surface area (Å²) in [5.41, 5.74) is 3.60. The maximum atomic E-state index is 11.4. The molecule has 0 bridgehead atoms. The van der Waals surface area contributed by atoms with Crippen molar-refractivity contribution in [2.75, 3.05) is 5.43 Å². The average molecular weight is 306 g/mol. The number of benzene rings is 2. The van der Waals surface area contributed by atoms with E-state index in [0.717, 1.165) is 16.3 Å². The van der Waals surface area contributed by atoms with Gasteiger partial charge < -0.3 is 5.11 Å². The summed E-state index contributed by atoms with van der Waals surface area (Å²) in [5, 5.41) is 22.9. The van der Waals surface area contributed by atoms with Crippen molar-refractivity contribution in [1.82, 2.24) is 10.2 Å². The molecule has 0 aliphatic heterocycles. The lowest BCUT2D eigenvalue weighted by molar-refractivity contribution is -0.129. The van der Waals surface area contributed by atoms with Gasteiger partial charge in [-0.1, -0.05) is 54.6 Å². The summed E-state index contributed by atoms with van der Waals surface area (Å²) in [6.07, 6.45) is 1.87. The smallest absolute Gasteiger partial charge is 0.352 e. The molecular weight excluding hydrogens is 292 g/mol. The molecule has 3 rings (SSSR count). The summed E-state index contributed by atoms with van der Waals surface area (Å²) >= 11 is 0. The quantitative estimate of drug-likeness (QED) is 0.559. The second-order valence-electron chi connectivity index (χ2n) is 4.92. The molecule has 2 aromatic carbocycles. The van der Waals surface area contributed by atoms with Gasteiger partial charge in [-0.15, -0.1) is 5.10 Å². The lowest BCUT2D eigenvalue weighted by Crippen LogP contribution is -2.18. The molecule has 6 heteroatoms. The first kappa shape index (κ1) is 14.6. The summed E-state index contributed by atoms with van der Waals surface area (Å²) in [4.78, 5) is 11.4. The number of rotatable bonds is 5. The van der Waals surface area contributed by atoms with Crippen molar-refractivity contribution in [2.24, 2.45) is 5.10 Å². The first-order valence-corrected chi connectivity index (χ1v) is 7.04. The Balaban J connectivity index is 1.87. The molecule has 0 unspecified atom stereocenters. The van der Waals surface area contributed by atoms with Gasteiger partial charge in [0.2, 0.25) is 0 Å². The lowest BCUT2D eigenvalue weighted by Gasteiger charge is -2.05. The van der Waals surface area contributed by atoms with Crippen LogP contribution < -0.4 is 5.43 Å².